The number of hydrogen-bond acceptors (Lipinski definition) is 5. The number of primary sulfonamides is 1. The Balaban J connectivity index is 1.82. The van der Waals surface area contributed by atoms with Crippen LogP contribution in [0.2, 0.25) is 0 Å². The SMILES string of the molecule is Cc1ccc2c(ncc3ncn(Cc4ccc(S(N)(=O)=O)c(C)c4)c32)n1. The molecule has 0 saturated heterocycles. The molecule has 2 N–H and O–H groups in total. The molecule has 0 unspecified atom stereocenters. The quantitative estimate of drug-likeness (QED) is 0.598. The predicted octanol–water partition coefficient (Wildman–Crippen LogP) is 2.29. The van der Waals surface area contributed by atoms with Crippen LogP contribution in [0.1, 0.15) is 16.8 Å². The third-order valence-corrected chi connectivity index (χ3v) is 5.41. The zero-order valence-electron chi connectivity index (χ0n) is 14.3. The van der Waals surface area contributed by atoms with Gasteiger partial charge in [0.25, 0.3) is 0 Å². The lowest BCUT2D eigenvalue weighted by molar-refractivity contribution is 0.597. The van der Waals surface area contributed by atoms with Crippen LogP contribution in [-0.4, -0.2) is 27.9 Å². The first-order valence-electron chi connectivity index (χ1n) is 8.02. The molecule has 0 fully saturated rings. The number of rotatable bonds is 3. The fraction of sp³-hybridized carbons (Fsp3) is 0.167. The largest absolute Gasteiger partial charge is 0.325 e. The smallest absolute Gasteiger partial charge is 0.238 e. The van der Waals surface area contributed by atoms with E-state index in [1.54, 1.807) is 31.6 Å². The molecule has 8 heteroatoms. The molecule has 0 aliphatic carbocycles. The van der Waals surface area contributed by atoms with Gasteiger partial charge in [-0.05, 0) is 43.2 Å². The van der Waals surface area contributed by atoms with Crippen molar-refractivity contribution in [2.45, 2.75) is 25.3 Å². The molecule has 0 spiro atoms. The van der Waals surface area contributed by atoms with Gasteiger partial charge in [-0.15, -0.1) is 0 Å². The standard InChI is InChI=1S/C18H17N5O2S/c1-11-7-13(4-6-16(11)26(19,24)25)9-23-10-21-15-8-20-18-14(17(15)23)5-3-12(2)22-18/h3-8,10H,9H2,1-2H3,(H2,19,24,25). The maximum atomic E-state index is 11.6. The van der Waals surface area contributed by atoms with Crippen molar-refractivity contribution < 1.29 is 8.42 Å². The minimum atomic E-state index is -3.72. The summed E-state index contributed by atoms with van der Waals surface area (Å²) in [5.74, 6) is 0. The van der Waals surface area contributed by atoms with Crippen molar-refractivity contribution in [3.8, 4) is 0 Å². The molecule has 4 rings (SSSR count). The highest BCUT2D eigenvalue weighted by atomic mass is 32.2. The Morgan fingerprint density at radius 1 is 1.12 bits per heavy atom. The number of pyridine rings is 2. The Labute approximate surface area is 150 Å². The summed E-state index contributed by atoms with van der Waals surface area (Å²) in [5.41, 5.74) is 4.92. The van der Waals surface area contributed by atoms with Crippen molar-refractivity contribution in [3.05, 3.63) is 59.7 Å². The monoisotopic (exact) mass is 367 g/mol. The summed E-state index contributed by atoms with van der Waals surface area (Å²) in [6, 6.07) is 9.10. The lowest BCUT2D eigenvalue weighted by Crippen LogP contribution is -2.14. The van der Waals surface area contributed by atoms with E-state index in [4.69, 9.17) is 5.14 Å². The molecule has 1 aromatic carbocycles. The topological polar surface area (TPSA) is 104 Å². The third-order valence-electron chi connectivity index (χ3n) is 4.34. The zero-order valence-corrected chi connectivity index (χ0v) is 15.2. The molecule has 0 bridgehead atoms. The fourth-order valence-electron chi connectivity index (χ4n) is 3.18. The van der Waals surface area contributed by atoms with Crippen LogP contribution in [0, 0.1) is 13.8 Å². The van der Waals surface area contributed by atoms with Crippen LogP contribution in [0.25, 0.3) is 22.1 Å². The average molecular weight is 367 g/mol. The molecule has 0 amide bonds. The Morgan fingerprint density at radius 2 is 1.92 bits per heavy atom. The van der Waals surface area contributed by atoms with Crippen molar-refractivity contribution in [2.24, 2.45) is 5.14 Å². The van der Waals surface area contributed by atoms with Gasteiger partial charge in [0.1, 0.15) is 5.52 Å². The molecule has 0 aliphatic rings. The number of aryl methyl sites for hydroxylation is 2. The van der Waals surface area contributed by atoms with Gasteiger partial charge < -0.3 is 4.57 Å². The summed E-state index contributed by atoms with van der Waals surface area (Å²) in [5, 5.41) is 6.17. The highest BCUT2D eigenvalue weighted by Gasteiger charge is 2.13. The van der Waals surface area contributed by atoms with Crippen LogP contribution in [0.4, 0.5) is 0 Å². The minimum Gasteiger partial charge on any atom is -0.325 e. The normalized spacial score (nSPS) is 12.1. The molecule has 0 aliphatic heterocycles. The van der Waals surface area contributed by atoms with E-state index in [1.165, 1.54) is 0 Å². The first kappa shape index (κ1) is 16.6. The van der Waals surface area contributed by atoms with Crippen molar-refractivity contribution >= 4 is 32.1 Å². The Morgan fingerprint density at radius 3 is 2.65 bits per heavy atom. The summed E-state index contributed by atoms with van der Waals surface area (Å²) in [6.45, 7) is 4.22. The van der Waals surface area contributed by atoms with E-state index in [0.29, 0.717) is 17.8 Å². The van der Waals surface area contributed by atoms with E-state index in [0.717, 1.165) is 27.7 Å². The lowest BCUT2D eigenvalue weighted by Gasteiger charge is -2.09. The van der Waals surface area contributed by atoms with Crippen LogP contribution < -0.4 is 5.14 Å². The summed E-state index contributed by atoms with van der Waals surface area (Å²) in [4.78, 5) is 13.4. The van der Waals surface area contributed by atoms with Crippen LogP contribution >= 0.6 is 0 Å². The molecule has 0 radical (unpaired) electrons. The highest BCUT2D eigenvalue weighted by Crippen LogP contribution is 2.24. The van der Waals surface area contributed by atoms with Crippen molar-refractivity contribution in [1.29, 1.82) is 0 Å². The highest BCUT2D eigenvalue weighted by molar-refractivity contribution is 7.89. The molecular weight excluding hydrogens is 350 g/mol. The second kappa shape index (κ2) is 5.86. The maximum absolute atomic E-state index is 11.6. The minimum absolute atomic E-state index is 0.145. The van der Waals surface area contributed by atoms with Gasteiger partial charge in [0.15, 0.2) is 5.65 Å². The second-order valence-corrected chi connectivity index (χ2v) is 7.86. The van der Waals surface area contributed by atoms with Gasteiger partial charge in [0.05, 0.1) is 22.9 Å². The summed E-state index contributed by atoms with van der Waals surface area (Å²) in [7, 11) is -3.72. The van der Waals surface area contributed by atoms with Gasteiger partial charge in [-0.25, -0.2) is 28.5 Å². The Kier molecular flexibility index (Phi) is 3.74. The molecule has 0 saturated carbocycles. The van der Waals surface area contributed by atoms with E-state index in [2.05, 4.69) is 15.0 Å². The molecule has 0 atom stereocenters. The van der Waals surface area contributed by atoms with E-state index in [-0.39, 0.29) is 4.90 Å². The van der Waals surface area contributed by atoms with Gasteiger partial charge in [0.2, 0.25) is 10.0 Å². The average Bonchev–Trinajstić information content (AvgIpc) is 2.96. The predicted molar refractivity (Wildman–Crippen MR) is 99.2 cm³/mol. The van der Waals surface area contributed by atoms with Gasteiger partial charge >= 0.3 is 0 Å². The Hall–Kier alpha value is -2.84. The molecule has 3 heterocycles. The second-order valence-electron chi connectivity index (χ2n) is 6.33. The zero-order chi connectivity index (χ0) is 18.5. The molecular formula is C18H17N5O2S. The van der Waals surface area contributed by atoms with Gasteiger partial charge in [-0.3, -0.25) is 0 Å². The maximum Gasteiger partial charge on any atom is 0.238 e. The van der Waals surface area contributed by atoms with E-state index >= 15 is 0 Å². The number of fused-ring (bicyclic) bond motifs is 3. The van der Waals surface area contributed by atoms with Gasteiger partial charge in [0, 0.05) is 17.6 Å². The Bertz CT molecular complexity index is 1260. The van der Waals surface area contributed by atoms with Crippen LogP contribution in [0.3, 0.4) is 0 Å². The molecule has 7 nitrogen and oxygen atoms in total. The van der Waals surface area contributed by atoms with Crippen molar-refractivity contribution in [1.82, 2.24) is 19.5 Å². The summed E-state index contributed by atoms with van der Waals surface area (Å²) < 4.78 is 25.2. The van der Waals surface area contributed by atoms with Crippen LogP contribution in [-0.2, 0) is 16.6 Å². The molecule has 4 aromatic rings. The van der Waals surface area contributed by atoms with E-state index < -0.39 is 10.0 Å². The number of imidazole rings is 1. The number of benzene rings is 1. The van der Waals surface area contributed by atoms with Gasteiger partial charge in [-0.1, -0.05) is 12.1 Å². The summed E-state index contributed by atoms with van der Waals surface area (Å²) in [6.07, 6.45) is 3.48. The number of sulfonamides is 1. The first-order chi connectivity index (χ1) is 12.3. The van der Waals surface area contributed by atoms with E-state index in [9.17, 15) is 8.42 Å². The molecule has 132 valence electrons. The number of nitrogens with two attached hydrogens (primary N) is 1. The number of nitrogens with zero attached hydrogens (tertiary/aromatic N) is 4. The van der Waals surface area contributed by atoms with E-state index in [1.807, 2.05) is 29.7 Å². The first-order valence-corrected chi connectivity index (χ1v) is 9.57. The van der Waals surface area contributed by atoms with Gasteiger partial charge in [-0.2, -0.15) is 0 Å². The lowest BCUT2D eigenvalue weighted by atomic mass is 10.1. The van der Waals surface area contributed by atoms with Crippen LogP contribution in [0.5, 0.6) is 0 Å². The van der Waals surface area contributed by atoms with Crippen molar-refractivity contribution in [2.75, 3.05) is 0 Å². The van der Waals surface area contributed by atoms with Crippen molar-refractivity contribution in [3.63, 3.8) is 0 Å². The van der Waals surface area contributed by atoms with Crippen LogP contribution in [0.15, 0.2) is 47.8 Å². The molecule has 3 aromatic heterocycles. The number of hydrogen-bond donors (Lipinski definition) is 1. The summed E-state index contributed by atoms with van der Waals surface area (Å²) >= 11 is 0. The third kappa shape index (κ3) is 2.83. The number of aromatic nitrogens is 4. The fourth-order valence-corrected chi connectivity index (χ4v) is 3.94. The molecule has 26 heavy (non-hydrogen) atoms.